The van der Waals surface area contributed by atoms with Gasteiger partial charge in [0.2, 0.25) is 0 Å². The van der Waals surface area contributed by atoms with E-state index in [1.807, 2.05) is 37.3 Å². The third kappa shape index (κ3) is 1.09. The summed E-state index contributed by atoms with van der Waals surface area (Å²) < 4.78 is 0. The van der Waals surface area contributed by atoms with E-state index in [1.54, 1.807) is 0 Å². The van der Waals surface area contributed by atoms with E-state index in [0.717, 1.165) is 22.1 Å². The van der Waals surface area contributed by atoms with Gasteiger partial charge in [0.05, 0.1) is 5.52 Å². The predicted molar refractivity (Wildman–Crippen MR) is 51.9 cm³/mol. The predicted octanol–water partition coefficient (Wildman–Crippen LogP) is 1.34. The van der Waals surface area contributed by atoms with Crippen molar-refractivity contribution in [1.82, 2.24) is 4.98 Å². The van der Waals surface area contributed by atoms with Crippen LogP contribution in [0.15, 0.2) is 30.3 Å². The van der Waals surface area contributed by atoms with Gasteiger partial charge in [-0.05, 0) is 18.4 Å². The summed E-state index contributed by atoms with van der Waals surface area (Å²) in [6, 6.07) is 9.84. The maximum Gasteiger partial charge on any atom is 0.116 e. The highest BCUT2D eigenvalue weighted by Gasteiger charge is 1.96. The number of aromatic nitrogens is 1. The number of pyridine rings is 1. The number of para-hydroxylation sites is 1. The Morgan fingerprint density at radius 3 is 2.83 bits per heavy atom. The molecule has 0 aliphatic heterocycles. The third-order valence-electron chi connectivity index (χ3n) is 1.89. The molecule has 0 bridgehead atoms. The Morgan fingerprint density at radius 2 is 2.00 bits per heavy atom. The van der Waals surface area contributed by atoms with Crippen molar-refractivity contribution in [2.24, 2.45) is 0 Å². The van der Waals surface area contributed by atoms with Gasteiger partial charge in [0.15, 0.2) is 0 Å². The van der Waals surface area contributed by atoms with Crippen LogP contribution < -0.4 is 5.46 Å². The summed E-state index contributed by atoms with van der Waals surface area (Å²) in [6.07, 6.45) is 0. The zero-order chi connectivity index (χ0) is 8.55. The van der Waals surface area contributed by atoms with Gasteiger partial charge < -0.3 is 0 Å². The van der Waals surface area contributed by atoms with Crippen molar-refractivity contribution >= 4 is 24.2 Å². The lowest BCUT2D eigenvalue weighted by atomic mass is 9.93. The maximum atomic E-state index is 5.76. The Morgan fingerprint density at radius 1 is 1.17 bits per heavy atom. The molecule has 1 nitrogen and oxygen atoms in total. The van der Waals surface area contributed by atoms with E-state index in [2.05, 4.69) is 4.98 Å². The molecule has 56 valence electrons. The molecule has 2 aromatic rings. The van der Waals surface area contributed by atoms with E-state index < -0.39 is 0 Å². The SMILES string of the molecule is [B]c1cccc2ccc(C)nc12. The van der Waals surface area contributed by atoms with Crippen molar-refractivity contribution in [3.8, 4) is 0 Å². The molecule has 0 aliphatic rings. The molecule has 2 heteroatoms. The summed E-state index contributed by atoms with van der Waals surface area (Å²) in [4.78, 5) is 4.35. The van der Waals surface area contributed by atoms with Crippen molar-refractivity contribution in [3.63, 3.8) is 0 Å². The summed E-state index contributed by atoms with van der Waals surface area (Å²) in [6.45, 7) is 1.96. The van der Waals surface area contributed by atoms with Crippen molar-refractivity contribution in [2.75, 3.05) is 0 Å². The first-order valence-electron chi connectivity index (χ1n) is 3.89. The van der Waals surface area contributed by atoms with Crippen LogP contribution in [0.5, 0.6) is 0 Å². The Bertz CT molecular complexity index is 423. The van der Waals surface area contributed by atoms with Gasteiger partial charge in [0.25, 0.3) is 0 Å². The van der Waals surface area contributed by atoms with Crippen LogP contribution >= 0.6 is 0 Å². The van der Waals surface area contributed by atoms with Gasteiger partial charge in [-0.1, -0.05) is 29.7 Å². The molecular formula is C10H8BN. The van der Waals surface area contributed by atoms with Crippen molar-refractivity contribution in [3.05, 3.63) is 36.0 Å². The molecule has 1 aromatic carbocycles. The number of aryl methyl sites for hydroxylation is 1. The maximum absolute atomic E-state index is 5.76. The van der Waals surface area contributed by atoms with E-state index in [9.17, 15) is 0 Å². The summed E-state index contributed by atoms with van der Waals surface area (Å²) in [5, 5.41) is 1.10. The average Bonchev–Trinajstić information content (AvgIpc) is 2.07. The molecule has 2 rings (SSSR count). The minimum atomic E-state index is 0.746. The number of hydrogen-bond acceptors (Lipinski definition) is 1. The second kappa shape index (κ2) is 2.63. The van der Waals surface area contributed by atoms with E-state index in [0.29, 0.717) is 0 Å². The molecule has 0 saturated heterocycles. The number of nitrogens with zero attached hydrogens (tertiary/aromatic N) is 1. The topological polar surface area (TPSA) is 12.9 Å². The van der Waals surface area contributed by atoms with Gasteiger partial charge in [-0.2, -0.15) is 0 Å². The molecule has 0 unspecified atom stereocenters. The molecule has 2 radical (unpaired) electrons. The molecule has 0 atom stereocenters. The first kappa shape index (κ1) is 7.35. The van der Waals surface area contributed by atoms with Gasteiger partial charge in [0, 0.05) is 5.69 Å². The van der Waals surface area contributed by atoms with Gasteiger partial charge >= 0.3 is 0 Å². The van der Waals surface area contributed by atoms with Crippen molar-refractivity contribution in [1.29, 1.82) is 0 Å². The van der Waals surface area contributed by atoms with E-state index >= 15 is 0 Å². The second-order valence-corrected chi connectivity index (χ2v) is 2.87. The molecule has 12 heavy (non-hydrogen) atoms. The highest BCUT2D eigenvalue weighted by atomic mass is 14.7. The fourth-order valence-electron chi connectivity index (χ4n) is 1.27. The standard InChI is InChI=1S/C10H8BN/c1-7-5-6-8-3-2-4-9(11)10(8)12-7/h2-6H,1H3. The van der Waals surface area contributed by atoms with E-state index in [1.165, 1.54) is 0 Å². The van der Waals surface area contributed by atoms with Crippen LogP contribution in [0.3, 0.4) is 0 Å². The van der Waals surface area contributed by atoms with Crippen LogP contribution in [0.25, 0.3) is 10.9 Å². The Balaban J connectivity index is 2.88. The van der Waals surface area contributed by atoms with Gasteiger partial charge in [-0.25, -0.2) is 0 Å². The molecule has 0 aliphatic carbocycles. The van der Waals surface area contributed by atoms with Crippen molar-refractivity contribution < 1.29 is 0 Å². The lowest BCUT2D eigenvalue weighted by Gasteiger charge is -2.01. The van der Waals surface area contributed by atoms with E-state index in [-0.39, 0.29) is 0 Å². The lowest BCUT2D eigenvalue weighted by molar-refractivity contribution is 1.26. The fourth-order valence-corrected chi connectivity index (χ4v) is 1.27. The van der Waals surface area contributed by atoms with Gasteiger partial charge in [-0.3, -0.25) is 4.98 Å². The number of hydrogen-bond donors (Lipinski definition) is 0. The number of fused-ring (bicyclic) bond motifs is 1. The molecule has 0 fully saturated rings. The average molecular weight is 153 g/mol. The summed E-state index contributed by atoms with van der Waals surface area (Å²) in [5.41, 5.74) is 2.65. The molecule has 1 heterocycles. The second-order valence-electron chi connectivity index (χ2n) is 2.87. The van der Waals surface area contributed by atoms with Crippen LogP contribution in [0, 0.1) is 6.92 Å². The quantitative estimate of drug-likeness (QED) is 0.520. The first-order valence-corrected chi connectivity index (χ1v) is 3.89. The fraction of sp³-hybridized carbons (Fsp3) is 0.100. The monoisotopic (exact) mass is 153 g/mol. The Hall–Kier alpha value is -1.31. The van der Waals surface area contributed by atoms with Crippen LogP contribution in [-0.4, -0.2) is 12.8 Å². The zero-order valence-electron chi connectivity index (χ0n) is 6.91. The molecule has 0 saturated carbocycles. The third-order valence-corrected chi connectivity index (χ3v) is 1.89. The van der Waals surface area contributed by atoms with Crippen LogP contribution in [0.1, 0.15) is 5.69 Å². The lowest BCUT2D eigenvalue weighted by Crippen LogP contribution is -2.04. The van der Waals surface area contributed by atoms with E-state index in [4.69, 9.17) is 7.85 Å². The summed E-state index contributed by atoms with van der Waals surface area (Å²) in [7, 11) is 5.76. The van der Waals surface area contributed by atoms with Crippen LogP contribution in [0.4, 0.5) is 0 Å². The summed E-state index contributed by atoms with van der Waals surface area (Å²) >= 11 is 0. The largest absolute Gasteiger partial charge is 0.254 e. The van der Waals surface area contributed by atoms with Crippen LogP contribution in [0.2, 0.25) is 0 Å². The highest BCUT2D eigenvalue weighted by Crippen LogP contribution is 2.08. The highest BCUT2D eigenvalue weighted by molar-refractivity contribution is 6.38. The number of benzene rings is 1. The molecular weight excluding hydrogens is 145 g/mol. The first-order chi connectivity index (χ1) is 5.77. The Labute approximate surface area is 72.8 Å². The number of rotatable bonds is 0. The normalized spacial score (nSPS) is 10.4. The summed E-state index contributed by atoms with van der Waals surface area (Å²) in [5.74, 6) is 0. The minimum Gasteiger partial charge on any atom is -0.254 e. The smallest absolute Gasteiger partial charge is 0.116 e. The zero-order valence-corrected chi connectivity index (χ0v) is 6.91. The molecule has 0 amide bonds. The van der Waals surface area contributed by atoms with Crippen LogP contribution in [-0.2, 0) is 0 Å². The van der Waals surface area contributed by atoms with Gasteiger partial charge in [0.1, 0.15) is 7.85 Å². The molecule has 1 aromatic heterocycles. The molecule has 0 N–H and O–H groups in total. The van der Waals surface area contributed by atoms with Crippen molar-refractivity contribution in [2.45, 2.75) is 6.92 Å². The minimum absolute atomic E-state index is 0.746. The molecule has 0 spiro atoms. The Kier molecular flexibility index (Phi) is 1.61. The van der Waals surface area contributed by atoms with Gasteiger partial charge in [-0.15, -0.1) is 0 Å².